The number of hydrogen-bond acceptors (Lipinski definition) is 6. The van der Waals surface area contributed by atoms with E-state index in [1.165, 1.54) is 7.11 Å². The molecule has 0 atom stereocenters. The zero-order valence-electron chi connectivity index (χ0n) is 17.1. The summed E-state index contributed by atoms with van der Waals surface area (Å²) < 4.78 is 42.5. The van der Waals surface area contributed by atoms with Crippen LogP contribution in [0.15, 0.2) is 24.3 Å². The van der Waals surface area contributed by atoms with Gasteiger partial charge in [0, 0.05) is 0 Å². The van der Waals surface area contributed by atoms with Crippen molar-refractivity contribution in [1.82, 2.24) is 5.32 Å². The number of carboxylic acid groups (broad SMARTS) is 1. The van der Waals surface area contributed by atoms with Crippen molar-refractivity contribution in [2.75, 3.05) is 20.2 Å². The van der Waals surface area contributed by atoms with Gasteiger partial charge in [-0.1, -0.05) is 24.3 Å². The van der Waals surface area contributed by atoms with Crippen LogP contribution in [0.25, 0.3) is 0 Å². The summed E-state index contributed by atoms with van der Waals surface area (Å²) in [5, 5.41) is 20.3. The van der Waals surface area contributed by atoms with Gasteiger partial charge in [-0.25, -0.2) is 4.79 Å². The van der Waals surface area contributed by atoms with E-state index in [9.17, 15) is 23.2 Å². The van der Waals surface area contributed by atoms with Crippen molar-refractivity contribution in [2.45, 2.75) is 50.0 Å². The quantitative estimate of drug-likeness (QED) is 0.675. The van der Waals surface area contributed by atoms with Crippen LogP contribution in [0.3, 0.4) is 0 Å². The largest absolute Gasteiger partial charge is 0.490 e. The average molecular weight is 442 g/mol. The maximum Gasteiger partial charge on any atom is 0.490 e. The van der Waals surface area contributed by atoms with Gasteiger partial charge in [0.05, 0.1) is 37.2 Å². The Kier molecular flexibility index (Phi) is 8.42. The van der Waals surface area contributed by atoms with Gasteiger partial charge in [0.1, 0.15) is 0 Å². The molecule has 0 spiro atoms. The lowest BCUT2D eigenvalue weighted by atomic mass is 9.73. The lowest BCUT2D eigenvalue weighted by Gasteiger charge is -2.35. The number of aliphatic carboxylic acids is 1. The molecule has 3 rings (SSSR count). The summed E-state index contributed by atoms with van der Waals surface area (Å²) in [4.78, 5) is 20.3. The molecule has 170 valence electrons. The third-order valence-electron chi connectivity index (χ3n) is 5.55. The van der Waals surface area contributed by atoms with E-state index in [-0.39, 0.29) is 18.0 Å². The molecule has 0 aromatic heterocycles. The fourth-order valence-electron chi connectivity index (χ4n) is 3.68. The van der Waals surface area contributed by atoms with Crippen LogP contribution in [0.4, 0.5) is 13.2 Å². The first-order chi connectivity index (χ1) is 14.6. The predicted molar refractivity (Wildman–Crippen MR) is 103 cm³/mol. The summed E-state index contributed by atoms with van der Waals surface area (Å²) in [7, 11) is 1.42. The molecule has 7 nitrogen and oxygen atoms in total. The van der Waals surface area contributed by atoms with Crippen molar-refractivity contribution in [2.24, 2.45) is 5.92 Å². The average Bonchev–Trinajstić information content (AvgIpc) is 2.73. The van der Waals surface area contributed by atoms with Gasteiger partial charge in [0.15, 0.2) is 0 Å². The number of alkyl halides is 3. The number of carboxylic acids is 1. The molecule has 2 aliphatic rings. The molecule has 2 N–H and O–H groups in total. The summed E-state index contributed by atoms with van der Waals surface area (Å²) in [5.74, 6) is -2.92. The lowest BCUT2D eigenvalue weighted by Crippen LogP contribution is -2.40. The van der Waals surface area contributed by atoms with Crippen molar-refractivity contribution in [3.05, 3.63) is 35.4 Å². The number of nitrogens with zero attached hydrogens (tertiary/aromatic N) is 1. The van der Waals surface area contributed by atoms with Gasteiger partial charge in [-0.3, -0.25) is 4.79 Å². The maximum absolute atomic E-state index is 11.4. The number of ether oxygens (including phenoxy) is 2. The minimum absolute atomic E-state index is 0.0230. The van der Waals surface area contributed by atoms with E-state index in [4.69, 9.17) is 19.4 Å². The molecule has 0 unspecified atom stereocenters. The molecule has 0 radical (unpaired) electrons. The second-order valence-electron chi connectivity index (χ2n) is 7.53. The van der Waals surface area contributed by atoms with E-state index in [1.807, 2.05) is 18.2 Å². The molecule has 1 aliphatic carbocycles. The molecule has 31 heavy (non-hydrogen) atoms. The Bertz CT molecular complexity index is 810. The smallest absolute Gasteiger partial charge is 0.475 e. The first-order valence-corrected chi connectivity index (χ1v) is 9.83. The SMILES string of the molecule is COC(=O)C1CC(OCc2ccccc2C2(C#N)CCNCC2)C1.O=C(O)C(F)(F)F. The molecule has 1 saturated heterocycles. The van der Waals surface area contributed by atoms with Crippen LogP contribution in [0.2, 0.25) is 0 Å². The number of piperidine rings is 1. The molecular formula is C21H25F3N2O5. The Labute approximate surface area is 178 Å². The minimum Gasteiger partial charge on any atom is -0.475 e. The third kappa shape index (κ3) is 6.42. The van der Waals surface area contributed by atoms with E-state index < -0.39 is 17.6 Å². The first kappa shape index (κ1) is 24.6. The number of methoxy groups -OCH3 is 1. The number of hydrogen-bond donors (Lipinski definition) is 2. The van der Waals surface area contributed by atoms with Gasteiger partial charge in [-0.15, -0.1) is 0 Å². The molecule has 1 heterocycles. The van der Waals surface area contributed by atoms with E-state index >= 15 is 0 Å². The highest BCUT2D eigenvalue weighted by atomic mass is 19.4. The second-order valence-corrected chi connectivity index (χ2v) is 7.53. The number of rotatable bonds is 5. The Morgan fingerprint density at radius 1 is 1.26 bits per heavy atom. The highest BCUT2D eigenvalue weighted by Crippen LogP contribution is 2.36. The van der Waals surface area contributed by atoms with Gasteiger partial charge < -0.3 is 19.9 Å². The normalized spacial score (nSPS) is 22.2. The van der Waals surface area contributed by atoms with Crippen molar-refractivity contribution in [3.63, 3.8) is 0 Å². The maximum atomic E-state index is 11.4. The summed E-state index contributed by atoms with van der Waals surface area (Å²) in [5.41, 5.74) is 1.76. The van der Waals surface area contributed by atoms with Gasteiger partial charge in [-0.2, -0.15) is 18.4 Å². The summed E-state index contributed by atoms with van der Waals surface area (Å²) >= 11 is 0. The van der Waals surface area contributed by atoms with Crippen LogP contribution in [0.5, 0.6) is 0 Å². The molecule has 1 aliphatic heterocycles. The third-order valence-corrected chi connectivity index (χ3v) is 5.55. The summed E-state index contributed by atoms with van der Waals surface area (Å²) in [6.07, 6.45) is -1.87. The van der Waals surface area contributed by atoms with Crippen LogP contribution in [-0.2, 0) is 31.1 Å². The predicted octanol–water partition coefficient (Wildman–Crippen LogP) is 2.93. The highest BCUT2D eigenvalue weighted by Gasteiger charge is 2.39. The molecular weight excluding hydrogens is 417 g/mol. The zero-order valence-corrected chi connectivity index (χ0v) is 17.1. The number of halogens is 3. The van der Waals surface area contributed by atoms with Crippen LogP contribution in [-0.4, -0.2) is 49.5 Å². The molecule has 1 aromatic rings. The molecule has 10 heteroatoms. The number of esters is 1. The number of nitrogens with one attached hydrogen (secondary N) is 1. The van der Waals surface area contributed by atoms with E-state index in [0.717, 1.165) is 49.9 Å². The van der Waals surface area contributed by atoms with Crippen molar-refractivity contribution in [3.8, 4) is 6.07 Å². The summed E-state index contributed by atoms with van der Waals surface area (Å²) in [6, 6.07) is 10.7. The van der Waals surface area contributed by atoms with Crippen molar-refractivity contribution in [1.29, 1.82) is 5.26 Å². The van der Waals surface area contributed by atoms with E-state index in [1.54, 1.807) is 0 Å². The fourth-order valence-corrected chi connectivity index (χ4v) is 3.68. The van der Waals surface area contributed by atoms with E-state index in [2.05, 4.69) is 17.5 Å². The monoisotopic (exact) mass is 442 g/mol. The molecule has 1 aromatic carbocycles. The molecule has 1 saturated carbocycles. The number of carbonyl (C=O) groups excluding carboxylic acids is 1. The first-order valence-electron chi connectivity index (χ1n) is 9.83. The van der Waals surface area contributed by atoms with Crippen LogP contribution in [0, 0.1) is 17.2 Å². The Balaban J connectivity index is 0.000000423. The standard InChI is InChI=1S/C19H24N2O3.C2HF3O2/c1-23-18(22)15-10-16(11-15)24-12-14-4-2-3-5-17(14)19(13-20)6-8-21-9-7-19;3-2(4,5)1(6)7/h2-5,15-16,21H,6-12H2,1H3;(H,6,7). The number of nitriles is 1. The second kappa shape index (κ2) is 10.6. The molecule has 2 fully saturated rings. The topological polar surface area (TPSA) is 109 Å². The van der Waals surface area contributed by atoms with Crippen LogP contribution in [0.1, 0.15) is 36.8 Å². The van der Waals surface area contributed by atoms with Crippen LogP contribution < -0.4 is 5.32 Å². The lowest BCUT2D eigenvalue weighted by molar-refractivity contribution is -0.192. The summed E-state index contributed by atoms with van der Waals surface area (Å²) in [6.45, 7) is 2.23. The van der Waals surface area contributed by atoms with Gasteiger partial charge in [-0.05, 0) is 49.9 Å². The minimum atomic E-state index is -5.08. The zero-order chi connectivity index (χ0) is 23.1. The van der Waals surface area contributed by atoms with Gasteiger partial charge in [0.2, 0.25) is 0 Å². The Morgan fingerprint density at radius 3 is 2.35 bits per heavy atom. The Hall–Kier alpha value is -2.64. The van der Waals surface area contributed by atoms with Gasteiger partial charge >= 0.3 is 18.1 Å². The van der Waals surface area contributed by atoms with E-state index in [0.29, 0.717) is 6.61 Å². The molecule has 0 amide bonds. The fraction of sp³-hybridized carbons (Fsp3) is 0.571. The number of benzene rings is 1. The van der Waals surface area contributed by atoms with Crippen molar-refractivity contribution >= 4 is 11.9 Å². The highest BCUT2D eigenvalue weighted by molar-refractivity contribution is 5.73. The molecule has 0 bridgehead atoms. The van der Waals surface area contributed by atoms with Crippen molar-refractivity contribution < 1.29 is 37.3 Å². The Morgan fingerprint density at radius 2 is 1.84 bits per heavy atom. The van der Waals surface area contributed by atoms with Gasteiger partial charge in [0.25, 0.3) is 0 Å². The van der Waals surface area contributed by atoms with Crippen LogP contribution >= 0.6 is 0 Å². The number of carbonyl (C=O) groups is 2.